The fourth-order valence-corrected chi connectivity index (χ4v) is 3.82. The highest BCUT2D eigenvalue weighted by molar-refractivity contribution is 5.99. The first kappa shape index (κ1) is 25.4. The molecular weight excluding hydrogens is 428 g/mol. The van der Waals surface area contributed by atoms with Crippen LogP contribution in [0.5, 0.6) is 0 Å². The van der Waals surface area contributed by atoms with E-state index in [4.69, 9.17) is 0 Å². The van der Waals surface area contributed by atoms with E-state index in [1.807, 2.05) is 52.8 Å². The summed E-state index contributed by atoms with van der Waals surface area (Å²) in [5, 5.41) is 2.83. The molecule has 0 spiro atoms. The Morgan fingerprint density at radius 2 is 1.62 bits per heavy atom. The predicted octanol–water partition coefficient (Wildman–Crippen LogP) is 3.43. The SMILES string of the molecule is CC(C)n1cc(C(=O)NC(C)(C)C)c(=O)c(C(=O)N2CCN(CC=Cc3ccccc3)CC2)c1. The molecule has 1 saturated heterocycles. The van der Waals surface area contributed by atoms with E-state index in [0.29, 0.717) is 13.1 Å². The quantitative estimate of drug-likeness (QED) is 0.711. The third kappa shape index (κ3) is 6.67. The second-order valence-electron chi connectivity index (χ2n) is 10.1. The molecular formula is C27H36N4O3. The number of pyridine rings is 1. The molecule has 1 aromatic carbocycles. The van der Waals surface area contributed by atoms with Crippen molar-refractivity contribution in [1.29, 1.82) is 0 Å². The number of nitrogens with zero attached hydrogens (tertiary/aromatic N) is 3. The molecule has 2 aromatic rings. The summed E-state index contributed by atoms with van der Waals surface area (Å²) in [7, 11) is 0. The summed E-state index contributed by atoms with van der Waals surface area (Å²) in [6.45, 7) is 12.8. The molecule has 0 radical (unpaired) electrons. The Labute approximate surface area is 202 Å². The molecule has 1 aromatic heterocycles. The molecule has 0 bridgehead atoms. The van der Waals surface area contributed by atoms with E-state index in [9.17, 15) is 14.4 Å². The average Bonchev–Trinajstić information content (AvgIpc) is 2.78. The molecule has 1 aliphatic heterocycles. The maximum absolute atomic E-state index is 13.3. The number of nitrogens with one attached hydrogen (secondary N) is 1. The summed E-state index contributed by atoms with van der Waals surface area (Å²) >= 11 is 0. The van der Waals surface area contributed by atoms with E-state index in [0.717, 1.165) is 25.2 Å². The van der Waals surface area contributed by atoms with Crippen molar-refractivity contribution in [3.05, 3.63) is 75.7 Å². The van der Waals surface area contributed by atoms with Gasteiger partial charge in [0.05, 0.1) is 0 Å². The van der Waals surface area contributed by atoms with Gasteiger partial charge in [0.2, 0.25) is 5.43 Å². The summed E-state index contributed by atoms with van der Waals surface area (Å²) in [4.78, 5) is 43.2. The van der Waals surface area contributed by atoms with Crippen LogP contribution in [0.15, 0.2) is 53.6 Å². The molecule has 0 atom stereocenters. The predicted molar refractivity (Wildman–Crippen MR) is 136 cm³/mol. The molecule has 182 valence electrons. The van der Waals surface area contributed by atoms with Gasteiger partial charge in [-0.3, -0.25) is 19.3 Å². The zero-order chi connectivity index (χ0) is 24.9. The van der Waals surface area contributed by atoms with E-state index in [1.165, 1.54) is 0 Å². The lowest BCUT2D eigenvalue weighted by molar-refractivity contribution is 0.0648. The second kappa shape index (κ2) is 10.8. The molecule has 0 saturated carbocycles. The lowest BCUT2D eigenvalue weighted by Crippen LogP contribution is -2.50. The Kier molecular flexibility index (Phi) is 8.10. The number of hydrogen-bond donors (Lipinski definition) is 1. The topological polar surface area (TPSA) is 74.6 Å². The minimum atomic E-state index is -0.517. The van der Waals surface area contributed by atoms with E-state index in [2.05, 4.69) is 34.5 Å². The van der Waals surface area contributed by atoms with Crippen LogP contribution in [-0.2, 0) is 0 Å². The van der Waals surface area contributed by atoms with Crippen molar-refractivity contribution < 1.29 is 9.59 Å². The van der Waals surface area contributed by atoms with Gasteiger partial charge in [-0.2, -0.15) is 0 Å². The number of piperazine rings is 1. The Morgan fingerprint density at radius 3 is 2.21 bits per heavy atom. The van der Waals surface area contributed by atoms with Crippen LogP contribution in [0.4, 0.5) is 0 Å². The van der Waals surface area contributed by atoms with Crippen molar-refractivity contribution in [1.82, 2.24) is 19.7 Å². The van der Waals surface area contributed by atoms with Gasteiger partial charge in [0.25, 0.3) is 11.8 Å². The minimum absolute atomic E-state index is 0.000778. The summed E-state index contributed by atoms with van der Waals surface area (Å²) in [6.07, 6.45) is 7.35. The van der Waals surface area contributed by atoms with Crippen LogP contribution in [0.25, 0.3) is 6.08 Å². The van der Waals surface area contributed by atoms with E-state index in [1.54, 1.807) is 21.9 Å². The number of amides is 2. The van der Waals surface area contributed by atoms with E-state index in [-0.39, 0.29) is 23.1 Å². The number of carbonyl (C=O) groups excluding carboxylic acids is 2. The molecule has 2 amide bonds. The highest BCUT2D eigenvalue weighted by Crippen LogP contribution is 2.12. The first-order chi connectivity index (χ1) is 16.0. The number of rotatable bonds is 6. The Hall–Kier alpha value is -3.19. The van der Waals surface area contributed by atoms with Crippen molar-refractivity contribution in [3.63, 3.8) is 0 Å². The highest BCUT2D eigenvalue weighted by atomic mass is 16.2. The minimum Gasteiger partial charge on any atom is -0.350 e. The van der Waals surface area contributed by atoms with Gasteiger partial charge in [-0.25, -0.2) is 0 Å². The smallest absolute Gasteiger partial charge is 0.259 e. The molecule has 1 N–H and O–H groups in total. The highest BCUT2D eigenvalue weighted by Gasteiger charge is 2.27. The number of aromatic nitrogens is 1. The first-order valence-electron chi connectivity index (χ1n) is 11.9. The third-order valence-corrected chi connectivity index (χ3v) is 5.74. The largest absolute Gasteiger partial charge is 0.350 e. The van der Waals surface area contributed by atoms with Crippen LogP contribution < -0.4 is 10.7 Å². The number of benzene rings is 1. The van der Waals surface area contributed by atoms with Gasteiger partial charge in [0.15, 0.2) is 0 Å². The maximum atomic E-state index is 13.3. The lowest BCUT2D eigenvalue weighted by Gasteiger charge is -2.34. The van der Waals surface area contributed by atoms with Gasteiger partial charge in [-0.1, -0.05) is 42.5 Å². The summed E-state index contributed by atoms with van der Waals surface area (Å²) in [6, 6.07) is 10.1. The molecule has 7 heteroatoms. The van der Waals surface area contributed by atoms with Crippen LogP contribution in [0.3, 0.4) is 0 Å². The fraction of sp³-hybridized carbons (Fsp3) is 0.444. The Bertz CT molecular complexity index is 1090. The van der Waals surface area contributed by atoms with Gasteiger partial charge in [-0.05, 0) is 40.2 Å². The van der Waals surface area contributed by atoms with Crippen LogP contribution in [0.2, 0.25) is 0 Å². The molecule has 1 aliphatic rings. The van der Waals surface area contributed by atoms with Crippen molar-refractivity contribution in [2.75, 3.05) is 32.7 Å². The van der Waals surface area contributed by atoms with Crippen LogP contribution >= 0.6 is 0 Å². The zero-order valence-electron chi connectivity index (χ0n) is 20.9. The van der Waals surface area contributed by atoms with Gasteiger partial charge in [-0.15, -0.1) is 0 Å². The van der Waals surface area contributed by atoms with E-state index >= 15 is 0 Å². The summed E-state index contributed by atoms with van der Waals surface area (Å²) < 4.78 is 1.76. The van der Waals surface area contributed by atoms with Gasteiger partial charge in [0, 0.05) is 56.7 Å². The molecule has 1 fully saturated rings. The normalized spacial score (nSPS) is 15.2. The maximum Gasteiger partial charge on any atom is 0.259 e. The molecule has 7 nitrogen and oxygen atoms in total. The van der Waals surface area contributed by atoms with Gasteiger partial charge >= 0.3 is 0 Å². The molecule has 34 heavy (non-hydrogen) atoms. The monoisotopic (exact) mass is 464 g/mol. The number of hydrogen-bond acceptors (Lipinski definition) is 4. The van der Waals surface area contributed by atoms with Crippen LogP contribution in [0.1, 0.15) is 66.9 Å². The molecule has 0 unspecified atom stereocenters. The Balaban J connectivity index is 1.71. The number of carbonyl (C=O) groups is 2. The lowest BCUT2D eigenvalue weighted by atomic mass is 10.1. The van der Waals surface area contributed by atoms with Crippen LogP contribution in [-0.4, -0.2) is 64.4 Å². The fourth-order valence-electron chi connectivity index (χ4n) is 3.82. The standard InChI is InChI=1S/C27H36N4O3/c1-20(2)31-18-22(25(33)28-27(3,4)5)24(32)23(19-31)26(34)30-16-14-29(15-17-30)13-9-12-21-10-7-6-8-11-21/h6-12,18-20H,13-17H2,1-5H3,(H,28,33). The molecule has 2 heterocycles. The van der Waals surface area contributed by atoms with Crippen molar-refractivity contribution >= 4 is 17.9 Å². The van der Waals surface area contributed by atoms with E-state index < -0.39 is 16.9 Å². The Morgan fingerprint density at radius 1 is 1.00 bits per heavy atom. The zero-order valence-corrected chi connectivity index (χ0v) is 20.9. The molecule has 3 rings (SSSR count). The summed E-state index contributed by atoms with van der Waals surface area (Å²) in [5.74, 6) is -0.777. The van der Waals surface area contributed by atoms with Crippen molar-refractivity contribution in [2.24, 2.45) is 0 Å². The van der Waals surface area contributed by atoms with Gasteiger partial charge in [0.1, 0.15) is 11.1 Å². The first-order valence-corrected chi connectivity index (χ1v) is 11.9. The van der Waals surface area contributed by atoms with Crippen LogP contribution in [0, 0.1) is 0 Å². The third-order valence-electron chi connectivity index (χ3n) is 5.74. The molecule has 0 aliphatic carbocycles. The second-order valence-corrected chi connectivity index (χ2v) is 10.1. The average molecular weight is 465 g/mol. The summed E-state index contributed by atoms with van der Waals surface area (Å²) in [5.41, 5.74) is 0.203. The van der Waals surface area contributed by atoms with Crippen molar-refractivity contribution in [3.8, 4) is 0 Å². The van der Waals surface area contributed by atoms with Gasteiger partial charge < -0.3 is 14.8 Å². The van der Waals surface area contributed by atoms with Crippen molar-refractivity contribution in [2.45, 2.75) is 46.2 Å².